The zero-order chi connectivity index (χ0) is 17.7. The molecule has 134 valence electrons. The van der Waals surface area contributed by atoms with E-state index in [1.807, 2.05) is 18.2 Å². The van der Waals surface area contributed by atoms with E-state index in [1.54, 1.807) is 7.11 Å². The van der Waals surface area contributed by atoms with Crippen LogP contribution in [0.3, 0.4) is 0 Å². The van der Waals surface area contributed by atoms with E-state index in [4.69, 9.17) is 4.74 Å². The van der Waals surface area contributed by atoms with Crippen LogP contribution in [-0.4, -0.2) is 51.1 Å². The van der Waals surface area contributed by atoms with Gasteiger partial charge >= 0.3 is 0 Å². The summed E-state index contributed by atoms with van der Waals surface area (Å²) in [6, 6.07) is 5.63. The fraction of sp³-hybridized carbons (Fsp3) is 0.562. The molecule has 1 aliphatic rings. The highest BCUT2D eigenvalue weighted by Gasteiger charge is 2.26. The van der Waals surface area contributed by atoms with Gasteiger partial charge in [-0.15, -0.1) is 0 Å². The lowest BCUT2D eigenvalue weighted by molar-refractivity contribution is -0.122. The van der Waals surface area contributed by atoms with Gasteiger partial charge in [0.2, 0.25) is 15.9 Å². The molecule has 6 nitrogen and oxygen atoms in total. The molecule has 1 N–H and O–H groups in total. The van der Waals surface area contributed by atoms with E-state index in [0.29, 0.717) is 25.9 Å². The molecular formula is C16H23BrN2O4S. The second-order valence-corrected chi connectivity index (χ2v) is 8.83. The summed E-state index contributed by atoms with van der Waals surface area (Å²) in [6.45, 7) is 0.893. The van der Waals surface area contributed by atoms with Crippen LogP contribution >= 0.6 is 15.9 Å². The molecule has 24 heavy (non-hydrogen) atoms. The largest absolute Gasteiger partial charge is 0.496 e. The normalized spacial score (nSPS) is 19.0. The number of sulfonamides is 1. The fourth-order valence-electron chi connectivity index (χ4n) is 2.78. The number of halogens is 1. The molecule has 0 aliphatic carbocycles. The lowest BCUT2D eigenvalue weighted by Gasteiger charge is -2.31. The Kier molecular flexibility index (Phi) is 6.65. The highest BCUT2D eigenvalue weighted by molar-refractivity contribution is 9.10. The molecule has 2 rings (SSSR count). The predicted molar refractivity (Wildman–Crippen MR) is 96.6 cm³/mol. The number of piperidine rings is 1. The van der Waals surface area contributed by atoms with Crippen LogP contribution in [0, 0.1) is 0 Å². The fourth-order valence-corrected chi connectivity index (χ4v) is 4.28. The van der Waals surface area contributed by atoms with Gasteiger partial charge in [-0.3, -0.25) is 4.79 Å². The molecule has 1 aromatic rings. The topological polar surface area (TPSA) is 75.7 Å². The summed E-state index contributed by atoms with van der Waals surface area (Å²) < 4.78 is 30.7. The second-order valence-electron chi connectivity index (χ2n) is 6.00. The first-order valence-corrected chi connectivity index (χ1v) is 10.5. The monoisotopic (exact) mass is 418 g/mol. The highest BCUT2D eigenvalue weighted by Crippen LogP contribution is 2.26. The zero-order valence-electron chi connectivity index (χ0n) is 13.9. The van der Waals surface area contributed by atoms with Gasteiger partial charge in [0.15, 0.2) is 0 Å². The van der Waals surface area contributed by atoms with Gasteiger partial charge in [-0.05, 0) is 52.9 Å². The summed E-state index contributed by atoms with van der Waals surface area (Å²) in [6.07, 6.45) is 3.78. The van der Waals surface area contributed by atoms with Crippen LogP contribution in [0.5, 0.6) is 5.75 Å². The van der Waals surface area contributed by atoms with Crippen molar-refractivity contribution < 1.29 is 17.9 Å². The van der Waals surface area contributed by atoms with Gasteiger partial charge in [0.25, 0.3) is 0 Å². The number of benzene rings is 1. The van der Waals surface area contributed by atoms with Crippen molar-refractivity contribution in [3.05, 3.63) is 28.2 Å². The van der Waals surface area contributed by atoms with Crippen LogP contribution < -0.4 is 10.1 Å². The molecule has 1 unspecified atom stereocenters. The van der Waals surface area contributed by atoms with Crippen LogP contribution in [0.15, 0.2) is 22.7 Å². The molecule has 1 heterocycles. The number of rotatable bonds is 6. The number of carbonyl (C=O) groups is 1. The molecule has 1 aliphatic heterocycles. The first-order valence-electron chi connectivity index (χ1n) is 7.86. The number of nitrogens with one attached hydrogen (secondary N) is 1. The minimum atomic E-state index is -3.20. The summed E-state index contributed by atoms with van der Waals surface area (Å²) in [5.74, 6) is 0.702. The van der Waals surface area contributed by atoms with Crippen LogP contribution in [0.1, 0.15) is 24.8 Å². The minimum absolute atomic E-state index is 0.0534. The van der Waals surface area contributed by atoms with Crippen molar-refractivity contribution in [2.45, 2.75) is 31.7 Å². The Morgan fingerprint density at radius 3 is 2.83 bits per heavy atom. The lowest BCUT2D eigenvalue weighted by atomic mass is 10.1. The smallest absolute Gasteiger partial charge is 0.220 e. The first-order chi connectivity index (χ1) is 11.3. The summed E-state index contributed by atoms with van der Waals surface area (Å²) in [5, 5.41) is 2.95. The molecule has 1 atom stereocenters. The van der Waals surface area contributed by atoms with Crippen molar-refractivity contribution in [2.24, 2.45) is 0 Å². The molecule has 8 heteroatoms. The third kappa shape index (κ3) is 5.46. The maximum absolute atomic E-state index is 12.1. The molecule has 1 amide bonds. The van der Waals surface area contributed by atoms with Gasteiger partial charge in [-0.2, -0.15) is 0 Å². The molecular weight excluding hydrogens is 396 g/mol. The molecule has 0 bridgehead atoms. The Hall–Kier alpha value is -1.12. The maximum Gasteiger partial charge on any atom is 0.220 e. The Labute approximate surface area is 151 Å². The molecule has 0 spiro atoms. The molecule has 1 saturated heterocycles. The average Bonchev–Trinajstić information content (AvgIpc) is 2.52. The van der Waals surface area contributed by atoms with Gasteiger partial charge < -0.3 is 10.1 Å². The Morgan fingerprint density at radius 2 is 2.21 bits per heavy atom. The van der Waals surface area contributed by atoms with E-state index in [-0.39, 0.29) is 11.9 Å². The number of hydrogen-bond acceptors (Lipinski definition) is 4. The number of hydrogen-bond donors (Lipinski definition) is 1. The number of amides is 1. The van der Waals surface area contributed by atoms with E-state index in [0.717, 1.165) is 28.6 Å². The van der Waals surface area contributed by atoms with Crippen molar-refractivity contribution in [1.29, 1.82) is 0 Å². The van der Waals surface area contributed by atoms with Crippen LogP contribution in [0.4, 0.5) is 0 Å². The molecule has 0 radical (unpaired) electrons. The van der Waals surface area contributed by atoms with E-state index in [9.17, 15) is 13.2 Å². The Bertz CT molecular complexity index is 693. The Balaban J connectivity index is 1.84. The van der Waals surface area contributed by atoms with Crippen molar-refractivity contribution >= 4 is 31.9 Å². The zero-order valence-corrected chi connectivity index (χ0v) is 16.3. The van der Waals surface area contributed by atoms with Gasteiger partial charge in [0.05, 0.1) is 17.8 Å². The predicted octanol–water partition coefficient (Wildman–Crippen LogP) is 1.93. The van der Waals surface area contributed by atoms with Gasteiger partial charge in [0, 0.05) is 25.6 Å². The van der Waals surface area contributed by atoms with Crippen LogP contribution in [-0.2, 0) is 21.2 Å². The van der Waals surface area contributed by atoms with E-state index < -0.39 is 10.0 Å². The molecule has 0 aromatic heterocycles. The van der Waals surface area contributed by atoms with Gasteiger partial charge in [0.1, 0.15) is 5.75 Å². The maximum atomic E-state index is 12.1. The number of methoxy groups -OCH3 is 1. The van der Waals surface area contributed by atoms with Crippen molar-refractivity contribution in [1.82, 2.24) is 9.62 Å². The first kappa shape index (κ1) is 19.2. The number of aryl methyl sites for hydroxylation is 1. The quantitative estimate of drug-likeness (QED) is 0.765. The lowest BCUT2D eigenvalue weighted by Crippen LogP contribution is -2.49. The molecule has 1 aromatic carbocycles. The van der Waals surface area contributed by atoms with E-state index in [1.165, 1.54) is 10.6 Å². The standard InChI is InChI=1S/C16H23BrN2O4S/c1-23-15-7-5-12(10-14(15)17)6-8-16(20)18-13-4-3-9-19(11-13)24(2,21)22/h5,7,10,13H,3-4,6,8-9,11H2,1-2H3,(H,18,20). The number of nitrogens with zero attached hydrogens (tertiary/aromatic N) is 1. The number of carbonyl (C=O) groups excluding carboxylic acids is 1. The van der Waals surface area contributed by atoms with E-state index in [2.05, 4.69) is 21.2 Å². The summed E-state index contributed by atoms with van der Waals surface area (Å²) in [5.41, 5.74) is 1.04. The minimum Gasteiger partial charge on any atom is -0.496 e. The number of ether oxygens (including phenoxy) is 1. The second kappa shape index (κ2) is 8.31. The SMILES string of the molecule is COc1ccc(CCC(=O)NC2CCCN(S(C)(=O)=O)C2)cc1Br. The van der Waals surface area contributed by atoms with Crippen molar-refractivity contribution in [3.63, 3.8) is 0 Å². The molecule has 0 saturated carbocycles. The highest BCUT2D eigenvalue weighted by atomic mass is 79.9. The molecule has 1 fully saturated rings. The third-order valence-corrected chi connectivity index (χ3v) is 5.96. The summed E-state index contributed by atoms with van der Waals surface area (Å²) in [7, 11) is -1.59. The summed E-state index contributed by atoms with van der Waals surface area (Å²) >= 11 is 3.43. The van der Waals surface area contributed by atoms with Gasteiger partial charge in [-0.25, -0.2) is 12.7 Å². The van der Waals surface area contributed by atoms with Crippen molar-refractivity contribution in [3.8, 4) is 5.75 Å². The van der Waals surface area contributed by atoms with Crippen LogP contribution in [0.25, 0.3) is 0 Å². The average molecular weight is 419 g/mol. The van der Waals surface area contributed by atoms with Crippen molar-refractivity contribution in [2.75, 3.05) is 26.5 Å². The third-order valence-electron chi connectivity index (χ3n) is 4.08. The summed E-state index contributed by atoms with van der Waals surface area (Å²) in [4.78, 5) is 12.1. The Morgan fingerprint density at radius 1 is 1.46 bits per heavy atom. The van der Waals surface area contributed by atoms with Gasteiger partial charge in [-0.1, -0.05) is 6.07 Å². The van der Waals surface area contributed by atoms with Crippen LogP contribution in [0.2, 0.25) is 0 Å². The van der Waals surface area contributed by atoms with E-state index >= 15 is 0 Å².